The number of nitrogens with zero attached hydrogens (tertiary/aromatic N) is 3. The number of carboxylic acids is 1. The van der Waals surface area contributed by atoms with E-state index in [0.29, 0.717) is 17.5 Å². The molecule has 0 unspecified atom stereocenters. The predicted octanol–water partition coefficient (Wildman–Crippen LogP) is 2.37. The number of nitro benzene ring substituents is 1. The van der Waals surface area contributed by atoms with E-state index in [4.69, 9.17) is 5.11 Å². The number of carboxylic acid groups (broad SMARTS) is 1. The molecule has 0 bridgehead atoms. The third-order valence-corrected chi connectivity index (χ3v) is 3.01. The van der Waals surface area contributed by atoms with Gasteiger partial charge in [-0.15, -0.1) is 0 Å². The van der Waals surface area contributed by atoms with E-state index in [1.54, 1.807) is 29.9 Å². The lowest BCUT2D eigenvalue weighted by molar-refractivity contribution is -0.384. The maximum atomic E-state index is 10.9. The summed E-state index contributed by atoms with van der Waals surface area (Å²) in [4.78, 5) is 21.2. The summed E-state index contributed by atoms with van der Waals surface area (Å²) in [7, 11) is 0. The third-order valence-electron chi connectivity index (χ3n) is 3.01. The molecule has 0 aliphatic rings. The van der Waals surface area contributed by atoms with Crippen molar-refractivity contribution in [3.8, 4) is 0 Å². The number of nitro groups is 1. The van der Waals surface area contributed by atoms with Crippen LogP contribution in [0.25, 0.3) is 10.9 Å². The number of hydrogen-bond acceptors (Lipinski definition) is 4. The molecule has 0 saturated heterocycles. The molecule has 104 valence electrons. The lowest BCUT2D eigenvalue weighted by Crippen LogP contribution is -2.03. The quantitative estimate of drug-likeness (QED) is 0.513. The van der Waals surface area contributed by atoms with Gasteiger partial charge in [-0.1, -0.05) is 13.0 Å². The minimum atomic E-state index is -0.963. The maximum absolute atomic E-state index is 10.9. The van der Waals surface area contributed by atoms with Gasteiger partial charge in [0.05, 0.1) is 23.2 Å². The summed E-state index contributed by atoms with van der Waals surface area (Å²) < 4.78 is 1.54. The molecule has 2 aromatic rings. The predicted molar refractivity (Wildman–Crippen MR) is 72.4 cm³/mol. The van der Waals surface area contributed by atoms with Gasteiger partial charge in [-0.2, -0.15) is 5.10 Å². The van der Waals surface area contributed by atoms with Gasteiger partial charge in [0.1, 0.15) is 0 Å². The van der Waals surface area contributed by atoms with E-state index in [0.717, 1.165) is 5.39 Å². The molecule has 1 N–H and O–H groups in total. The van der Waals surface area contributed by atoms with Gasteiger partial charge in [-0.05, 0) is 12.5 Å². The monoisotopic (exact) mass is 275 g/mol. The van der Waals surface area contributed by atoms with Gasteiger partial charge in [-0.3, -0.25) is 14.8 Å². The minimum absolute atomic E-state index is 0.0165. The van der Waals surface area contributed by atoms with Crippen LogP contribution in [0.2, 0.25) is 0 Å². The van der Waals surface area contributed by atoms with Crippen molar-refractivity contribution in [3.05, 3.63) is 46.2 Å². The fourth-order valence-electron chi connectivity index (χ4n) is 1.90. The highest BCUT2D eigenvalue weighted by atomic mass is 16.6. The van der Waals surface area contributed by atoms with Crippen LogP contribution in [0.1, 0.15) is 13.3 Å². The van der Waals surface area contributed by atoms with E-state index in [9.17, 15) is 14.9 Å². The van der Waals surface area contributed by atoms with E-state index < -0.39 is 10.9 Å². The molecule has 20 heavy (non-hydrogen) atoms. The normalized spacial score (nSPS) is 11.8. The first-order valence-electron chi connectivity index (χ1n) is 6.05. The molecule has 0 radical (unpaired) electrons. The molecule has 0 spiro atoms. The highest BCUT2D eigenvalue weighted by Crippen LogP contribution is 2.20. The van der Waals surface area contributed by atoms with Gasteiger partial charge in [0.15, 0.2) is 0 Å². The second-order valence-electron chi connectivity index (χ2n) is 4.21. The number of aliphatic carboxylic acids is 1. The molecule has 7 nitrogen and oxygen atoms in total. The highest BCUT2D eigenvalue weighted by Gasteiger charge is 2.10. The Hall–Kier alpha value is -2.70. The van der Waals surface area contributed by atoms with Crippen LogP contribution < -0.4 is 0 Å². The zero-order chi connectivity index (χ0) is 14.7. The average Bonchev–Trinajstić information content (AvgIpc) is 2.81. The van der Waals surface area contributed by atoms with E-state index >= 15 is 0 Å². The number of rotatable bonds is 5. The van der Waals surface area contributed by atoms with Gasteiger partial charge in [-0.25, -0.2) is 4.79 Å². The van der Waals surface area contributed by atoms with Crippen molar-refractivity contribution < 1.29 is 14.8 Å². The van der Waals surface area contributed by atoms with Crippen molar-refractivity contribution in [3.63, 3.8) is 0 Å². The Labute approximate surface area is 114 Å². The Balaban J connectivity index is 2.37. The van der Waals surface area contributed by atoms with Crippen LogP contribution in [-0.4, -0.2) is 25.8 Å². The van der Waals surface area contributed by atoms with Crippen LogP contribution in [0.15, 0.2) is 36.0 Å². The molecular formula is C13H13N3O4. The van der Waals surface area contributed by atoms with Crippen molar-refractivity contribution in [2.45, 2.75) is 19.9 Å². The molecule has 0 aliphatic heterocycles. The fourth-order valence-corrected chi connectivity index (χ4v) is 1.90. The summed E-state index contributed by atoms with van der Waals surface area (Å²) in [6.07, 6.45) is 3.57. The van der Waals surface area contributed by atoms with Crippen LogP contribution in [0.4, 0.5) is 5.69 Å². The first kappa shape index (κ1) is 13.7. The second-order valence-corrected chi connectivity index (χ2v) is 4.21. The number of aromatic nitrogens is 2. The summed E-state index contributed by atoms with van der Waals surface area (Å²) in [6, 6.07) is 4.47. The van der Waals surface area contributed by atoms with Gasteiger partial charge >= 0.3 is 5.97 Å². The summed E-state index contributed by atoms with van der Waals surface area (Å²) in [5.41, 5.74) is 0.882. The lowest BCUT2D eigenvalue weighted by Gasteiger charge is -2.01. The first-order chi connectivity index (χ1) is 9.52. The van der Waals surface area contributed by atoms with Crippen molar-refractivity contribution in [1.82, 2.24) is 9.78 Å². The van der Waals surface area contributed by atoms with Gasteiger partial charge in [0, 0.05) is 23.1 Å². The molecule has 0 amide bonds. The molecule has 1 aromatic carbocycles. The zero-order valence-electron chi connectivity index (χ0n) is 10.8. The first-order valence-corrected chi connectivity index (χ1v) is 6.05. The Morgan fingerprint density at radius 3 is 2.90 bits per heavy atom. The molecule has 2 rings (SSSR count). The van der Waals surface area contributed by atoms with Crippen molar-refractivity contribution in [2.75, 3.05) is 0 Å². The Morgan fingerprint density at radius 1 is 1.55 bits per heavy atom. The topological polar surface area (TPSA) is 98.3 Å². The third kappa shape index (κ3) is 2.66. The molecular weight excluding hydrogens is 262 g/mol. The number of allylic oxidation sites excluding steroid dienone is 1. The van der Waals surface area contributed by atoms with Crippen LogP contribution in [0.5, 0.6) is 0 Å². The summed E-state index contributed by atoms with van der Waals surface area (Å²) in [6.45, 7) is 2.02. The van der Waals surface area contributed by atoms with Gasteiger partial charge in [0.25, 0.3) is 5.69 Å². The van der Waals surface area contributed by atoms with Crippen LogP contribution >= 0.6 is 0 Å². The van der Waals surface area contributed by atoms with E-state index in [1.165, 1.54) is 12.1 Å². The Bertz CT molecular complexity index is 703. The number of hydrogen-bond donors (Lipinski definition) is 1. The van der Waals surface area contributed by atoms with E-state index in [-0.39, 0.29) is 12.2 Å². The second kappa shape index (κ2) is 5.52. The van der Waals surface area contributed by atoms with Crippen LogP contribution in [-0.2, 0) is 11.3 Å². The Kier molecular flexibility index (Phi) is 3.79. The largest absolute Gasteiger partial charge is 0.478 e. The molecule has 0 aliphatic carbocycles. The molecule has 7 heteroatoms. The number of benzene rings is 1. The van der Waals surface area contributed by atoms with Crippen molar-refractivity contribution in [2.24, 2.45) is 0 Å². The molecule has 1 aromatic heterocycles. The van der Waals surface area contributed by atoms with E-state index in [1.807, 2.05) is 0 Å². The summed E-state index contributed by atoms with van der Waals surface area (Å²) in [5.74, 6) is -0.963. The summed E-state index contributed by atoms with van der Waals surface area (Å²) in [5, 5.41) is 24.6. The molecule has 1 heterocycles. The molecule has 0 atom stereocenters. The van der Waals surface area contributed by atoms with Gasteiger partial charge in [0.2, 0.25) is 0 Å². The number of non-ortho nitro benzene ring substituents is 1. The van der Waals surface area contributed by atoms with Crippen LogP contribution in [0.3, 0.4) is 0 Å². The van der Waals surface area contributed by atoms with Gasteiger partial charge < -0.3 is 5.11 Å². The summed E-state index contributed by atoms with van der Waals surface area (Å²) >= 11 is 0. The van der Waals surface area contributed by atoms with Crippen LogP contribution in [0, 0.1) is 10.1 Å². The van der Waals surface area contributed by atoms with Crippen molar-refractivity contribution in [1.29, 1.82) is 0 Å². The maximum Gasteiger partial charge on any atom is 0.331 e. The zero-order valence-corrected chi connectivity index (χ0v) is 10.8. The van der Waals surface area contributed by atoms with Crippen molar-refractivity contribution >= 4 is 22.6 Å². The average molecular weight is 275 g/mol. The number of fused-ring (bicyclic) bond motifs is 1. The SMILES string of the molecule is CCC(=CCn1ncc2ccc([N+](=O)[O-])cc21)C(=O)O. The molecule has 0 saturated carbocycles. The van der Waals surface area contributed by atoms with E-state index in [2.05, 4.69) is 5.10 Å². The smallest absolute Gasteiger partial charge is 0.331 e. The number of carbonyl (C=O) groups is 1. The standard InChI is InChI=1S/C13H13N3O4/c1-2-9(13(17)18)5-6-15-12-7-11(16(19)20)4-3-10(12)8-14-15/h3-5,7-8H,2,6H2,1H3,(H,17,18). The molecule has 0 fully saturated rings. The fraction of sp³-hybridized carbons (Fsp3) is 0.231. The highest BCUT2D eigenvalue weighted by molar-refractivity contribution is 5.86. The minimum Gasteiger partial charge on any atom is -0.478 e. The Morgan fingerprint density at radius 2 is 2.30 bits per heavy atom. The lowest BCUT2D eigenvalue weighted by atomic mass is 10.2.